The van der Waals surface area contributed by atoms with Gasteiger partial charge in [-0.15, -0.1) is 0 Å². The van der Waals surface area contributed by atoms with E-state index in [0.29, 0.717) is 0 Å². The molecule has 2 unspecified atom stereocenters. The predicted molar refractivity (Wildman–Crippen MR) is 36.4 cm³/mol. The average Bonchev–Trinajstić information content (AvgIpc) is 1.99. The van der Waals surface area contributed by atoms with Crippen LogP contribution in [0.5, 0.6) is 0 Å². The van der Waals surface area contributed by atoms with Gasteiger partial charge in [0.1, 0.15) is 0 Å². The second-order valence-electron chi connectivity index (χ2n) is 2.56. The standard InChI is InChI=1S/C6H12F3NO2/c1-2-5(12,4(10)3-11)6(7,8)9/h4,11-12H,2-3,10H2,1H3. The van der Waals surface area contributed by atoms with Crippen LogP contribution in [0.4, 0.5) is 13.2 Å². The van der Waals surface area contributed by atoms with Crippen molar-refractivity contribution in [3.05, 3.63) is 0 Å². The molecule has 0 aromatic carbocycles. The van der Waals surface area contributed by atoms with Gasteiger partial charge in [-0.2, -0.15) is 13.2 Å². The van der Waals surface area contributed by atoms with Crippen molar-refractivity contribution in [3.63, 3.8) is 0 Å². The molecule has 0 radical (unpaired) electrons. The number of halogens is 3. The Labute approximate surface area is 68.0 Å². The van der Waals surface area contributed by atoms with Crippen molar-refractivity contribution in [2.24, 2.45) is 5.73 Å². The van der Waals surface area contributed by atoms with Crippen molar-refractivity contribution in [1.82, 2.24) is 0 Å². The maximum absolute atomic E-state index is 12.1. The molecule has 0 saturated carbocycles. The van der Waals surface area contributed by atoms with E-state index in [1.54, 1.807) is 0 Å². The third-order valence-corrected chi connectivity index (χ3v) is 1.84. The summed E-state index contributed by atoms with van der Waals surface area (Å²) in [6.07, 6.45) is -5.37. The van der Waals surface area contributed by atoms with E-state index >= 15 is 0 Å². The molecule has 0 amide bonds. The third kappa shape index (κ3) is 1.88. The number of hydrogen-bond acceptors (Lipinski definition) is 3. The van der Waals surface area contributed by atoms with Crippen molar-refractivity contribution < 1.29 is 23.4 Å². The second-order valence-corrected chi connectivity index (χ2v) is 2.56. The van der Waals surface area contributed by atoms with Crippen LogP contribution in [0.15, 0.2) is 0 Å². The molecular weight excluding hydrogens is 175 g/mol. The second kappa shape index (κ2) is 3.59. The Hall–Kier alpha value is -0.330. The molecule has 4 N–H and O–H groups in total. The predicted octanol–water partition coefficient (Wildman–Crippen LogP) is 0.00940. The van der Waals surface area contributed by atoms with E-state index in [0.717, 1.165) is 6.92 Å². The maximum Gasteiger partial charge on any atom is 0.418 e. The summed E-state index contributed by atoms with van der Waals surface area (Å²) in [7, 11) is 0. The van der Waals surface area contributed by atoms with E-state index < -0.39 is 30.8 Å². The first-order valence-corrected chi connectivity index (χ1v) is 3.45. The summed E-state index contributed by atoms with van der Waals surface area (Å²) in [5, 5.41) is 17.4. The highest BCUT2D eigenvalue weighted by Gasteiger charge is 2.55. The van der Waals surface area contributed by atoms with Gasteiger partial charge in [0, 0.05) is 0 Å². The fourth-order valence-corrected chi connectivity index (χ4v) is 0.824. The van der Waals surface area contributed by atoms with Crippen molar-refractivity contribution >= 4 is 0 Å². The molecule has 0 fully saturated rings. The first-order chi connectivity index (χ1) is 5.29. The van der Waals surface area contributed by atoms with Crippen LogP contribution in [-0.2, 0) is 0 Å². The lowest BCUT2D eigenvalue weighted by molar-refractivity contribution is -0.270. The normalized spacial score (nSPS) is 20.2. The summed E-state index contributed by atoms with van der Waals surface area (Å²) < 4.78 is 36.3. The molecule has 0 bridgehead atoms. The summed E-state index contributed by atoms with van der Waals surface area (Å²) in [4.78, 5) is 0. The van der Waals surface area contributed by atoms with Crippen molar-refractivity contribution in [1.29, 1.82) is 0 Å². The highest BCUT2D eigenvalue weighted by atomic mass is 19.4. The summed E-state index contributed by atoms with van der Waals surface area (Å²) in [5.74, 6) is 0. The van der Waals surface area contributed by atoms with Gasteiger partial charge in [-0.3, -0.25) is 0 Å². The SMILES string of the molecule is CCC(O)(C(N)CO)C(F)(F)F. The smallest absolute Gasteiger partial charge is 0.395 e. The van der Waals surface area contributed by atoms with Gasteiger partial charge in [-0.05, 0) is 6.42 Å². The van der Waals surface area contributed by atoms with E-state index in [1.807, 2.05) is 0 Å². The van der Waals surface area contributed by atoms with Crippen LogP contribution in [0, 0.1) is 0 Å². The van der Waals surface area contributed by atoms with E-state index in [4.69, 9.17) is 15.9 Å². The highest BCUT2D eigenvalue weighted by molar-refractivity contribution is 4.94. The Kier molecular flexibility index (Phi) is 3.49. The largest absolute Gasteiger partial charge is 0.418 e. The van der Waals surface area contributed by atoms with Crippen LogP contribution in [0.25, 0.3) is 0 Å². The lowest BCUT2D eigenvalue weighted by Gasteiger charge is -2.33. The van der Waals surface area contributed by atoms with E-state index in [2.05, 4.69) is 0 Å². The quantitative estimate of drug-likeness (QED) is 0.583. The number of aliphatic hydroxyl groups is 2. The zero-order valence-electron chi connectivity index (χ0n) is 6.60. The highest BCUT2D eigenvalue weighted by Crippen LogP contribution is 2.34. The zero-order valence-corrected chi connectivity index (χ0v) is 6.60. The Morgan fingerprint density at radius 2 is 1.83 bits per heavy atom. The first kappa shape index (κ1) is 11.7. The fourth-order valence-electron chi connectivity index (χ4n) is 0.824. The molecule has 0 aliphatic rings. The van der Waals surface area contributed by atoms with Gasteiger partial charge in [0.2, 0.25) is 0 Å². The monoisotopic (exact) mass is 187 g/mol. The summed E-state index contributed by atoms with van der Waals surface area (Å²) in [6, 6.07) is -1.69. The average molecular weight is 187 g/mol. The van der Waals surface area contributed by atoms with Crippen LogP contribution in [0.3, 0.4) is 0 Å². The van der Waals surface area contributed by atoms with Gasteiger partial charge in [0.25, 0.3) is 0 Å². The molecule has 0 aliphatic heterocycles. The molecule has 6 heteroatoms. The summed E-state index contributed by atoms with van der Waals surface area (Å²) in [5.41, 5.74) is 1.94. The molecule has 2 atom stereocenters. The van der Waals surface area contributed by atoms with Crippen LogP contribution < -0.4 is 5.73 Å². The van der Waals surface area contributed by atoms with Gasteiger partial charge < -0.3 is 15.9 Å². The van der Waals surface area contributed by atoms with E-state index in [1.165, 1.54) is 0 Å². The van der Waals surface area contributed by atoms with Gasteiger partial charge in [0.05, 0.1) is 12.6 Å². The Morgan fingerprint density at radius 1 is 1.42 bits per heavy atom. The molecule has 74 valence electrons. The molecule has 0 heterocycles. The van der Waals surface area contributed by atoms with Crippen molar-refractivity contribution in [2.45, 2.75) is 31.2 Å². The lowest BCUT2D eigenvalue weighted by atomic mass is 9.92. The van der Waals surface area contributed by atoms with Crippen LogP contribution in [0.2, 0.25) is 0 Å². The van der Waals surface area contributed by atoms with Crippen molar-refractivity contribution in [2.75, 3.05) is 6.61 Å². The van der Waals surface area contributed by atoms with Gasteiger partial charge in [0.15, 0.2) is 5.60 Å². The molecule has 0 rings (SSSR count). The topological polar surface area (TPSA) is 66.5 Å². The number of nitrogens with two attached hydrogens (primary N) is 1. The molecule has 0 aromatic heterocycles. The van der Waals surface area contributed by atoms with Gasteiger partial charge in [-0.1, -0.05) is 6.92 Å². The Balaban J connectivity index is 4.67. The Morgan fingerprint density at radius 3 is 1.92 bits per heavy atom. The molecule has 3 nitrogen and oxygen atoms in total. The minimum atomic E-state index is -4.80. The summed E-state index contributed by atoms with van der Waals surface area (Å²) >= 11 is 0. The molecule has 12 heavy (non-hydrogen) atoms. The molecule has 0 aromatic rings. The number of hydrogen-bond donors (Lipinski definition) is 3. The Bertz CT molecular complexity index is 150. The van der Waals surface area contributed by atoms with Crippen LogP contribution in [0.1, 0.15) is 13.3 Å². The molecule has 0 saturated heterocycles. The minimum absolute atomic E-state index is 0.571. The number of rotatable bonds is 3. The lowest BCUT2D eigenvalue weighted by Crippen LogP contribution is -2.59. The molecular formula is C6H12F3NO2. The zero-order chi connectivity index (χ0) is 9.99. The van der Waals surface area contributed by atoms with Gasteiger partial charge >= 0.3 is 6.18 Å². The minimum Gasteiger partial charge on any atom is -0.395 e. The van der Waals surface area contributed by atoms with Crippen molar-refractivity contribution in [3.8, 4) is 0 Å². The van der Waals surface area contributed by atoms with Gasteiger partial charge in [-0.25, -0.2) is 0 Å². The first-order valence-electron chi connectivity index (χ1n) is 3.45. The van der Waals surface area contributed by atoms with Crippen LogP contribution in [-0.4, -0.2) is 34.6 Å². The van der Waals surface area contributed by atoms with E-state index in [9.17, 15) is 13.2 Å². The molecule has 0 aliphatic carbocycles. The van der Waals surface area contributed by atoms with E-state index in [-0.39, 0.29) is 0 Å². The third-order valence-electron chi connectivity index (χ3n) is 1.84. The fraction of sp³-hybridized carbons (Fsp3) is 1.00. The maximum atomic E-state index is 12.1. The number of aliphatic hydroxyl groups excluding tert-OH is 1. The summed E-state index contributed by atoms with van der Waals surface area (Å²) in [6.45, 7) is 0.257. The van der Waals surface area contributed by atoms with Crippen LogP contribution >= 0.6 is 0 Å². The number of alkyl halides is 3. The molecule has 0 spiro atoms.